The fraction of sp³-hybridized carbons (Fsp3) is 0.105. The third kappa shape index (κ3) is 2.89. The van der Waals surface area contributed by atoms with Gasteiger partial charge in [-0.25, -0.2) is 9.67 Å². The van der Waals surface area contributed by atoms with E-state index in [-0.39, 0.29) is 5.91 Å². The molecule has 2 aromatic heterocycles. The molecule has 0 spiro atoms. The lowest BCUT2D eigenvalue weighted by atomic mass is 10.2. The first-order valence-electron chi connectivity index (χ1n) is 8.04. The molecular weight excluding hydrogens is 314 g/mol. The van der Waals surface area contributed by atoms with Crippen LogP contribution in [0, 0.1) is 6.92 Å². The van der Waals surface area contributed by atoms with Gasteiger partial charge < -0.3 is 10.3 Å². The highest BCUT2D eigenvalue weighted by Crippen LogP contribution is 2.14. The van der Waals surface area contributed by atoms with Crippen molar-refractivity contribution < 1.29 is 4.79 Å². The van der Waals surface area contributed by atoms with Gasteiger partial charge in [-0.1, -0.05) is 30.3 Å². The zero-order chi connectivity index (χ0) is 17.2. The van der Waals surface area contributed by atoms with E-state index in [1.54, 1.807) is 10.9 Å². The van der Waals surface area contributed by atoms with Crippen LogP contribution in [0.5, 0.6) is 0 Å². The molecule has 0 saturated carbocycles. The number of H-pyrrole nitrogens is 1. The lowest BCUT2D eigenvalue weighted by Crippen LogP contribution is -2.23. The summed E-state index contributed by atoms with van der Waals surface area (Å²) in [7, 11) is 0. The van der Waals surface area contributed by atoms with Gasteiger partial charge in [0.25, 0.3) is 5.91 Å². The summed E-state index contributed by atoms with van der Waals surface area (Å²) in [5, 5.41) is 7.23. The Morgan fingerprint density at radius 3 is 2.68 bits per heavy atom. The Kier molecular flexibility index (Phi) is 3.78. The number of hydrogen-bond donors (Lipinski definition) is 2. The summed E-state index contributed by atoms with van der Waals surface area (Å²) in [4.78, 5) is 20.2. The van der Waals surface area contributed by atoms with Crippen LogP contribution in [0.25, 0.3) is 16.7 Å². The normalized spacial score (nSPS) is 10.9. The molecule has 6 heteroatoms. The van der Waals surface area contributed by atoms with E-state index in [1.165, 1.54) is 0 Å². The smallest absolute Gasteiger partial charge is 0.255 e. The molecule has 0 atom stereocenters. The van der Waals surface area contributed by atoms with Gasteiger partial charge in [0.05, 0.1) is 40.7 Å². The molecule has 2 N–H and O–H groups in total. The Morgan fingerprint density at radius 2 is 1.88 bits per heavy atom. The van der Waals surface area contributed by atoms with E-state index >= 15 is 0 Å². The Balaban J connectivity index is 1.51. The van der Waals surface area contributed by atoms with Crippen LogP contribution in [-0.2, 0) is 6.54 Å². The van der Waals surface area contributed by atoms with Gasteiger partial charge in [0.15, 0.2) is 0 Å². The number of aromatic amines is 1. The Bertz CT molecular complexity index is 999. The number of fused-ring (bicyclic) bond motifs is 1. The number of nitrogens with zero attached hydrogens (tertiary/aromatic N) is 3. The lowest BCUT2D eigenvalue weighted by Gasteiger charge is -2.05. The van der Waals surface area contributed by atoms with Crippen molar-refractivity contribution >= 4 is 16.9 Å². The molecule has 0 radical (unpaired) electrons. The van der Waals surface area contributed by atoms with Crippen LogP contribution >= 0.6 is 0 Å². The van der Waals surface area contributed by atoms with Crippen molar-refractivity contribution in [3.8, 4) is 5.69 Å². The third-order valence-electron chi connectivity index (χ3n) is 4.11. The molecule has 0 aliphatic carbocycles. The predicted molar refractivity (Wildman–Crippen MR) is 95.6 cm³/mol. The standard InChI is InChI=1S/C19H17N5O/c1-13-15(11-21-24(13)14-7-3-2-4-8-14)19(25)20-12-18-22-16-9-5-6-10-17(16)23-18/h2-11H,12H2,1H3,(H,20,25)(H,22,23). The zero-order valence-corrected chi connectivity index (χ0v) is 13.7. The fourth-order valence-corrected chi connectivity index (χ4v) is 2.81. The van der Waals surface area contributed by atoms with Crippen molar-refractivity contribution in [1.29, 1.82) is 0 Å². The Morgan fingerprint density at radius 1 is 1.12 bits per heavy atom. The topological polar surface area (TPSA) is 75.6 Å². The van der Waals surface area contributed by atoms with E-state index in [0.29, 0.717) is 12.1 Å². The first kappa shape index (κ1) is 15.1. The first-order chi connectivity index (χ1) is 12.2. The zero-order valence-electron chi connectivity index (χ0n) is 13.7. The number of rotatable bonds is 4. The van der Waals surface area contributed by atoms with Crippen molar-refractivity contribution in [1.82, 2.24) is 25.1 Å². The van der Waals surface area contributed by atoms with E-state index in [4.69, 9.17) is 0 Å². The van der Waals surface area contributed by atoms with Gasteiger partial charge in [0.2, 0.25) is 0 Å². The monoisotopic (exact) mass is 331 g/mol. The van der Waals surface area contributed by atoms with E-state index in [2.05, 4.69) is 20.4 Å². The van der Waals surface area contributed by atoms with Crippen molar-refractivity contribution in [2.24, 2.45) is 0 Å². The number of carbonyl (C=O) groups excluding carboxylic acids is 1. The first-order valence-corrected chi connectivity index (χ1v) is 8.04. The maximum absolute atomic E-state index is 12.5. The molecule has 0 aliphatic rings. The minimum Gasteiger partial charge on any atom is -0.345 e. The summed E-state index contributed by atoms with van der Waals surface area (Å²) < 4.78 is 1.76. The number of benzene rings is 2. The number of imidazole rings is 1. The molecule has 124 valence electrons. The molecule has 25 heavy (non-hydrogen) atoms. The molecule has 0 aliphatic heterocycles. The Hall–Kier alpha value is -3.41. The van der Waals surface area contributed by atoms with Crippen LogP contribution in [0.3, 0.4) is 0 Å². The second-order valence-corrected chi connectivity index (χ2v) is 5.77. The predicted octanol–water partition coefficient (Wildman–Crippen LogP) is 2.99. The number of aromatic nitrogens is 4. The van der Waals surface area contributed by atoms with E-state index in [9.17, 15) is 4.79 Å². The molecule has 0 unspecified atom stereocenters. The molecule has 4 rings (SSSR count). The van der Waals surface area contributed by atoms with Gasteiger partial charge in [0.1, 0.15) is 5.82 Å². The van der Waals surface area contributed by atoms with Crippen LogP contribution in [-0.4, -0.2) is 25.7 Å². The third-order valence-corrected chi connectivity index (χ3v) is 4.11. The summed E-state index contributed by atoms with van der Waals surface area (Å²) in [6.07, 6.45) is 1.59. The van der Waals surface area contributed by atoms with Crippen LogP contribution < -0.4 is 5.32 Å². The highest BCUT2D eigenvalue weighted by atomic mass is 16.1. The average molecular weight is 331 g/mol. The molecule has 0 bridgehead atoms. The van der Waals surface area contributed by atoms with Crippen molar-refractivity contribution in [3.63, 3.8) is 0 Å². The molecule has 4 aromatic rings. The van der Waals surface area contributed by atoms with Gasteiger partial charge in [0, 0.05) is 0 Å². The largest absolute Gasteiger partial charge is 0.345 e. The second-order valence-electron chi connectivity index (χ2n) is 5.77. The fourth-order valence-electron chi connectivity index (χ4n) is 2.81. The number of para-hydroxylation sites is 3. The summed E-state index contributed by atoms with van der Waals surface area (Å²) in [6.45, 7) is 2.22. The van der Waals surface area contributed by atoms with E-state index in [1.807, 2.05) is 61.5 Å². The minimum atomic E-state index is -0.167. The quantitative estimate of drug-likeness (QED) is 0.603. The van der Waals surface area contributed by atoms with E-state index in [0.717, 1.165) is 28.2 Å². The average Bonchev–Trinajstić information content (AvgIpc) is 3.23. The summed E-state index contributed by atoms with van der Waals surface area (Å²) in [5.41, 5.74) is 4.13. The van der Waals surface area contributed by atoms with Crippen LogP contribution in [0.4, 0.5) is 0 Å². The van der Waals surface area contributed by atoms with Gasteiger partial charge in [-0.15, -0.1) is 0 Å². The molecule has 0 fully saturated rings. The van der Waals surface area contributed by atoms with Crippen molar-refractivity contribution in [3.05, 3.63) is 77.9 Å². The summed E-state index contributed by atoms with van der Waals surface area (Å²) in [5.74, 6) is 0.558. The number of amides is 1. The Labute approximate surface area is 144 Å². The van der Waals surface area contributed by atoms with Gasteiger partial charge >= 0.3 is 0 Å². The van der Waals surface area contributed by atoms with Crippen LogP contribution in [0.15, 0.2) is 60.8 Å². The number of hydrogen-bond acceptors (Lipinski definition) is 3. The molecule has 6 nitrogen and oxygen atoms in total. The summed E-state index contributed by atoms with van der Waals surface area (Å²) in [6, 6.07) is 17.5. The lowest BCUT2D eigenvalue weighted by molar-refractivity contribution is 0.0949. The van der Waals surface area contributed by atoms with Crippen LogP contribution in [0.2, 0.25) is 0 Å². The summed E-state index contributed by atoms with van der Waals surface area (Å²) >= 11 is 0. The maximum atomic E-state index is 12.5. The second kappa shape index (κ2) is 6.24. The van der Waals surface area contributed by atoms with Gasteiger partial charge in [-0.05, 0) is 31.2 Å². The SMILES string of the molecule is Cc1c(C(=O)NCc2nc3ccccc3[nH]2)cnn1-c1ccccc1. The highest BCUT2D eigenvalue weighted by Gasteiger charge is 2.15. The highest BCUT2D eigenvalue weighted by molar-refractivity contribution is 5.95. The minimum absolute atomic E-state index is 0.167. The van der Waals surface area contributed by atoms with Crippen LogP contribution in [0.1, 0.15) is 21.9 Å². The van der Waals surface area contributed by atoms with Gasteiger partial charge in [-0.3, -0.25) is 4.79 Å². The molecule has 1 amide bonds. The number of nitrogens with one attached hydrogen (secondary N) is 2. The molecular formula is C19H17N5O. The number of carbonyl (C=O) groups is 1. The van der Waals surface area contributed by atoms with E-state index < -0.39 is 0 Å². The van der Waals surface area contributed by atoms with Crippen molar-refractivity contribution in [2.75, 3.05) is 0 Å². The maximum Gasteiger partial charge on any atom is 0.255 e. The molecule has 0 saturated heterocycles. The van der Waals surface area contributed by atoms with Gasteiger partial charge in [-0.2, -0.15) is 5.10 Å². The molecule has 2 aromatic carbocycles. The van der Waals surface area contributed by atoms with Crippen molar-refractivity contribution in [2.45, 2.75) is 13.5 Å². The molecule has 2 heterocycles.